The van der Waals surface area contributed by atoms with Crippen LogP contribution in [-0.2, 0) is 6.42 Å². The van der Waals surface area contributed by atoms with Gasteiger partial charge in [0.15, 0.2) is 11.5 Å². The lowest BCUT2D eigenvalue weighted by Crippen LogP contribution is -2.26. The van der Waals surface area contributed by atoms with Gasteiger partial charge in [-0.25, -0.2) is 0 Å². The van der Waals surface area contributed by atoms with Crippen LogP contribution in [0, 0.1) is 0 Å². The first-order valence-corrected chi connectivity index (χ1v) is 8.40. The third kappa shape index (κ3) is 3.39. The van der Waals surface area contributed by atoms with Crippen molar-refractivity contribution in [1.82, 2.24) is 5.32 Å². The van der Waals surface area contributed by atoms with Crippen LogP contribution < -0.4 is 14.8 Å². The van der Waals surface area contributed by atoms with Crippen LogP contribution in [0.15, 0.2) is 35.7 Å². The maximum Gasteiger partial charge on any atom is 0.166 e. The Morgan fingerprint density at radius 2 is 2.10 bits per heavy atom. The third-order valence-corrected chi connectivity index (χ3v) is 4.50. The normalized spacial score (nSPS) is 14.9. The molecular formula is C17H21NO2S. The van der Waals surface area contributed by atoms with Gasteiger partial charge in [0.05, 0.1) is 0 Å². The molecule has 2 aromatic rings. The van der Waals surface area contributed by atoms with Gasteiger partial charge in [0.25, 0.3) is 0 Å². The smallest absolute Gasteiger partial charge is 0.166 e. The Labute approximate surface area is 129 Å². The predicted molar refractivity (Wildman–Crippen MR) is 86.5 cm³/mol. The monoisotopic (exact) mass is 303 g/mol. The zero-order valence-corrected chi connectivity index (χ0v) is 13.1. The molecule has 21 heavy (non-hydrogen) atoms. The highest BCUT2D eigenvalue weighted by molar-refractivity contribution is 7.09. The minimum absolute atomic E-state index is 0.264. The molecule has 112 valence electrons. The molecule has 0 amide bonds. The first-order valence-electron chi connectivity index (χ1n) is 7.52. The van der Waals surface area contributed by atoms with Crippen molar-refractivity contribution in [2.75, 3.05) is 19.8 Å². The molecule has 1 N–H and O–H groups in total. The Balaban J connectivity index is 1.88. The molecule has 2 heterocycles. The highest BCUT2D eigenvalue weighted by atomic mass is 32.1. The van der Waals surface area contributed by atoms with Crippen LogP contribution in [0.5, 0.6) is 11.5 Å². The van der Waals surface area contributed by atoms with E-state index in [0.717, 1.165) is 30.9 Å². The second-order valence-electron chi connectivity index (χ2n) is 5.16. The summed E-state index contributed by atoms with van der Waals surface area (Å²) in [7, 11) is 0. The lowest BCUT2D eigenvalue weighted by atomic mass is 10.0. The van der Waals surface area contributed by atoms with Gasteiger partial charge >= 0.3 is 0 Å². The van der Waals surface area contributed by atoms with Gasteiger partial charge in [-0.05, 0) is 30.5 Å². The molecule has 0 aliphatic carbocycles. The molecular weight excluding hydrogens is 282 g/mol. The maximum atomic E-state index is 5.87. The van der Waals surface area contributed by atoms with E-state index < -0.39 is 0 Å². The summed E-state index contributed by atoms with van der Waals surface area (Å²) >= 11 is 1.80. The number of rotatable bonds is 6. The quantitative estimate of drug-likeness (QED) is 0.880. The summed E-state index contributed by atoms with van der Waals surface area (Å²) in [5, 5.41) is 5.78. The van der Waals surface area contributed by atoms with Crippen molar-refractivity contribution in [3.8, 4) is 11.5 Å². The van der Waals surface area contributed by atoms with E-state index in [2.05, 4.69) is 41.9 Å². The molecule has 1 aromatic carbocycles. The lowest BCUT2D eigenvalue weighted by Gasteiger charge is -2.26. The number of benzene rings is 1. The van der Waals surface area contributed by atoms with Crippen molar-refractivity contribution >= 4 is 11.3 Å². The summed E-state index contributed by atoms with van der Waals surface area (Å²) in [5.41, 5.74) is 1.20. The van der Waals surface area contributed by atoms with E-state index in [1.807, 2.05) is 6.07 Å². The van der Waals surface area contributed by atoms with Crippen LogP contribution in [-0.4, -0.2) is 19.8 Å². The summed E-state index contributed by atoms with van der Waals surface area (Å²) in [6.45, 7) is 4.45. The molecule has 3 nitrogen and oxygen atoms in total. The van der Waals surface area contributed by atoms with Gasteiger partial charge in [-0.2, -0.15) is 0 Å². The maximum absolute atomic E-state index is 5.87. The van der Waals surface area contributed by atoms with Crippen molar-refractivity contribution in [2.45, 2.75) is 25.8 Å². The number of nitrogens with one attached hydrogen (secondary N) is 1. The van der Waals surface area contributed by atoms with Crippen molar-refractivity contribution in [2.24, 2.45) is 0 Å². The Hall–Kier alpha value is -1.52. The number of hydrogen-bond donors (Lipinski definition) is 1. The fourth-order valence-electron chi connectivity index (χ4n) is 2.61. The Kier molecular flexibility index (Phi) is 4.78. The largest absolute Gasteiger partial charge is 0.486 e. The average Bonchev–Trinajstić information content (AvgIpc) is 3.04. The fraction of sp³-hybridized carbons (Fsp3) is 0.412. The highest BCUT2D eigenvalue weighted by Gasteiger charge is 2.22. The second-order valence-corrected chi connectivity index (χ2v) is 6.19. The minimum Gasteiger partial charge on any atom is -0.486 e. The van der Waals surface area contributed by atoms with E-state index in [0.29, 0.717) is 13.2 Å². The molecule has 0 radical (unpaired) electrons. The van der Waals surface area contributed by atoms with Crippen LogP contribution in [0.3, 0.4) is 0 Å². The molecule has 1 aromatic heterocycles. The number of fused-ring (bicyclic) bond motifs is 1. The summed E-state index contributed by atoms with van der Waals surface area (Å²) in [6, 6.07) is 10.8. The molecule has 0 bridgehead atoms. The minimum atomic E-state index is 0.264. The van der Waals surface area contributed by atoms with Gasteiger partial charge in [0.2, 0.25) is 0 Å². The van der Waals surface area contributed by atoms with E-state index in [-0.39, 0.29) is 6.04 Å². The lowest BCUT2D eigenvalue weighted by molar-refractivity contribution is 0.168. The molecule has 1 atom stereocenters. The van der Waals surface area contributed by atoms with Crippen LogP contribution >= 0.6 is 11.3 Å². The third-order valence-electron chi connectivity index (χ3n) is 3.60. The standard InChI is InChI=1S/C17H21NO2S/c1-2-8-18-15(12-13-5-4-11-21-13)14-6-3-7-16-17(14)20-10-9-19-16/h3-7,11,15,18H,2,8-10,12H2,1H3. The van der Waals surface area contributed by atoms with Gasteiger partial charge < -0.3 is 14.8 Å². The molecule has 1 aliphatic rings. The predicted octanol–water partition coefficient (Wildman–Crippen LogP) is 3.80. The summed E-state index contributed by atoms with van der Waals surface area (Å²) < 4.78 is 11.6. The summed E-state index contributed by atoms with van der Waals surface area (Å²) in [4.78, 5) is 1.39. The zero-order valence-electron chi connectivity index (χ0n) is 12.3. The van der Waals surface area contributed by atoms with Crippen molar-refractivity contribution < 1.29 is 9.47 Å². The van der Waals surface area contributed by atoms with Crippen LogP contribution in [0.4, 0.5) is 0 Å². The number of para-hydroxylation sites is 1. The first-order chi connectivity index (χ1) is 10.4. The zero-order chi connectivity index (χ0) is 14.5. The Bertz CT molecular complexity index is 568. The van der Waals surface area contributed by atoms with Crippen molar-refractivity contribution in [1.29, 1.82) is 0 Å². The van der Waals surface area contributed by atoms with E-state index in [1.54, 1.807) is 11.3 Å². The highest BCUT2D eigenvalue weighted by Crippen LogP contribution is 2.38. The van der Waals surface area contributed by atoms with Gasteiger partial charge in [-0.15, -0.1) is 11.3 Å². The van der Waals surface area contributed by atoms with Crippen molar-refractivity contribution in [3.63, 3.8) is 0 Å². The molecule has 0 spiro atoms. The van der Waals surface area contributed by atoms with Gasteiger partial charge in [-0.1, -0.05) is 25.1 Å². The van der Waals surface area contributed by atoms with E-state index >= 15 is 0 Å². The van der Waals surface area contributed by atoms with E-state index in [9.17, 15) is 0 Å². The fourth-order valence-corrected chi connectivity index (χ4v) is 3.36. The van der Waals surface area contributed by atoms with Crippen LogP contribution in [0.2, 0.25) is 0 Å². The number of thiophene rings is 1. The van der Waals surface area contributed by atoms with Gasteiger partial charge in [0.1, 0.15) is 13.2 Å². The molecule has 3 rings (SSSR count). The van der Waals surface area contributed by atoms with Crippen LogP contribution in [0.25, 0.3) is 0 Å². The summed E-state index contributed by atoms with van der Waals surface area (Å²) in [6.07, 6.45) is 2.10. The molecule has 1 aliphatic heterocycles. The molecule has 1 unspecified atom stereocenters. The summed E-state index contributed by atoms with van der Waals surface area (Å²) in [5.74, 6) is 1.78. The molecule has 0 saturated heterocycles. The van der Waals surface area contributed by atoms with Gasteiger partial charge in [0, 0.05) is 22.9 Å². The molecule has 4 heteroatoms. The average molecular weight is 303 g/mol. The first kappa shape index (κ1) is 14.4. The SMILES string of the molecule is CCCNC(Cc1cccs1)c1cccc2c1OCCO2. The second kappa shape index (κ2) is 6.96. The number of hydrogen-bond acceptors (Lipinski definition) is 4. The van der Waals surface area contributed by atoms with Crippen molar-refractivity contribution in [3.05, 3.63) is 46.2 Å². The molecule has 0 fully saturated rings. The van der Waals surface area contributed by atoms with E-state index in [4.69, 9.17) is 9.47 Å². The van der Waals surface area contributed by atoms with E-state index in [1.165, 1.54) is 10.4 Å². The molecule has 0 saturated carbocycles. The number of ether oxygens (including phenoxy) is 2. The topological polar surface area (TPSA) is 30.5 Å². The van der Waals surface area contributed by atoms with Crippen LogP contribution in [0.1, 0.15) is 29.8 Å². The Morgan fingerprint density at radius 3 is 2.90 bits per heavy atom. The van der Waals surface area contributed by atoms with Gasteiger partial charge in [-0.3, -0.25) is 0 Å². The Morgan fingerprint density at radius 1 is 1.19 bits per heavy atom.